The smallest absolute Gasteiger partial charge is 0.280 e. The van der Waals surface area contributed by atoms with Crippen LogP contribution in [-0.4, -0.2) is 31.4 Å². The zero-order valence-electron chi connectivity index (χ0n) is 15.0. The molecule has 2 atom stereocenters. The lowest BCUT2D eigenvalue weighted by atomic mass is 9.90. The number of halogens is 1. The van der Waals surface area contributed by atoms with Crippen molar-refractivity contribution in [3.05, 3.63) is 23.8 Å². The summed E-state index contributed by atoms with van der Waals surface area (Å²) in [5, 5.41) is 0. The zero-order valence-corrected chi connectivity index (χ0v) is 16.6. The topological polar surface area (TPSA) is 84.7 Å². The molecule has 1 fully saturated rings. The minimum atomic E-state index is -3.53. The van der Waals surface area contributed by atoms with E-state index in [1.54, 1.807) is 16.4 Å². The van der Waals surface area contributed by atoms with E-state index in [1.807, 2.05) is 19.9 Å². The Hall–Kier alpha value is -1.02. The third kappa shape index (κ3) is 4.58. The summed E-state index contributed by atoms with van der Waals surface area (Å²) in [6, 6.07) is 5.05. The highest BCUT2D eigenvalue weighted by Gasteiger charge is 2.37. The van der Waals surface area contributed by atoms with Crippen molar-refractivity contribution < 1.29 is 13.2 Å². The summed E-state index contributed by atoms with van der Waals surface area (Å²) in [5.41, 5.74) is 6.87. The van der Waals surface area contributed by atoms with Crippen LogP contribution < -0.4 is 15.2 Å². The third-order valence-corrected chi connectivity index (χ3v) is 6.34. The summed E-state index contributed by atoms with van der Waals surface area (Å²) in [6.45, 7) is 7.18. The van der Waals surface area contributed by atoms with Gasteiger partial charge in [0.15, 0.2) is 0 Å². The Bertz CT molecular complexity index is 724. The van der Waals surface area contributed by atoms with Gasteiger partial charge in [0.1, 0.15) is 11.4 Å². The first kappa shape index (κ1) is 20.3. The van der Waals surface area contributed by atoms with Crippen LogP contribution in [0.15, 0.2) is 18.2 Å². The summed E-state index contributed by atoms with van der Waals surface area (Å²) in [4.78, 5) is 0. The Labute approximate surface area is 156 Å². The molecule has 8 heteroatoms. The molecular formula is C17H28ClN3O3S. The average molecular weight is 390 g/mol. The zero-order chi connectivity index (χ0) is 17.5. The summed E-state index contributed by atoms with van der Waals surface area (Å²) in [6.07, 6.45) is 2.55. The number of rotatable bonds is 3. The highest BCUT2D eigenvalue weighted by molar-refractivity contribution is 7.87. The number of fused-ring (bicyclic) bond motifs is 1. The molecule has 1 aromatic carbocycles. The molecule has 6 nitrogen and oxygen atoms in total. The number of hydrogen-bond acceptors (Lipinski definition) is 4. The fraction of sp³-hybridized carbons (Fsp3) is 0.647. The summed E-state index contributed by atoms with van der Waals surface area (Å²) in [5.74, 6) is 1.09. The summed E-state index contributed by atoms with van der Waals surface area (Å²) < 4.78 is 36.1. The molecule has 0 saturated carbocycles. The number of benzene rings is 1. The number of nitrogens with zero attached hydrogens (tertiary/aromatic N) is 1. The Balaban J connectivity index is 0.00000225. The predicted octanol–water partition coefficient (Wildman–Crippen LogP) is 2.86. The van der Waals surface area contributed by atoms with E-state index in [-0.39, 0.29) is 18.4 Å². The van der Waals surface area contributed by atoms with E-state index in [9.17, 15) is 8.42 Å². The van der Waals surface area contributed by atoms with Crippen LogP contribution in [0, 0.1) is 5.92 Å². The van der Waals surface area contributed by atoms with Crippen LogP contribution in [0.25, 0.3) is 0 Å². The molecule has 2 aliphatic heterocycles. The normalized spacial score (nSPS) is 26.2. The van der Waals surface area contributed by atoms with Crippen molar-refractivity contribution in [1.29, 1.82) is 0 Å². The van der Waals surface area contributed by atoms with Crippen LogP contribution >= 0.6 is 12.4 Å². The molecular weight excluding hydrogens is 362 g/mol. The van der Waals surface area contributed by atoms with Gasteiger partial charge < -0.3 is 10.5 Å². The van der Waals surface area contributed by atoms with Gasteiger partial charge in [0, 0.05) is 30.8 Å². The number of anilines is 1. The molecule has 25 heavy (non-hydrogen) atoms. The molecule has 0 amide bonds. The Morgan fingerprint density at radius 2 is 2.08 bits per heavy atom. The lowest BCUT2D eigenvalue weighted by molar-refractivity contribution is 0.0698. The second-order valence-corrected chi connectivity index (χ2v) is 9.35. The van der Waals surface area contributed by atoms with Gasteiger partial charge in [0.25, 0.3) is 10.2 Å². The van der Waals surface area contributed by atoms with Gasteiger partial charge in [-0.05, 0) is 50.8 Å². The number of nitrogen functional groups attached to an aromatic ring is 1. The minimum absolute atomic E-state index is 0. The maximum absolute atomic E-state index is 12.8. The number of nitrogens with two attached hydrogens (primary N) is 1. The first-order valence-corrected chi connectivity index (χ1v) is 9.96. The van der Waals surface area contributed by atoms with E-state index in [4.69, 9.17) is 10.5 Å². The van der Waals surface area contributed by atoms with Crippen LogP contribution in [0.3, 0.4) is 0 Å². The summed E-state index contributed by atoms with van der Waals surface area (Å²) >= 11 is 0. The quantitative estimate of drug-likeness (QED) is 0.778. The molecule has 0 radical (unpaired) electrons. The first-order valence-electron chi connectivity index (χ1n) is 8.52. The van der Waals surface area contributed by atoms with E-state index in [2.05, 4.69) is 11.6 Å². The number of nitrogens with one attached hydrogen (secondary N) is 1. The number of piperidine rings is 1. The maximum Gasteiger partial charge on any atom is 0.280 e. The second-order valence-electron chi connectivity index (χ2n) is 7.64. The van der Waals surface area contributed by atoms with Crippen LogP contribution in [0.4, 0.5) is 5.69 Å². The molecule has 142 valence electrons. The van der Waals surface area contributed by atoms with E-state index in [1.165, 1.54) is 0 Å². The van der Waals surface area contributed by atoms with Crippen molar-refractivity contribution >= 4 is 28.3 Å². The highest BCUT2D eigenvalue weighted by Crippen LogP contribution is 2.40. The molecule has 0 aliphatic carbocycles. The number of ether oxygens (including phenoxy) is 1. The molecule has 2 unspecified atom stereocenters. The molecule has 1 aromatic rings. The molecule has 3 N–H and O–H groups in total. The van der Waals surface area contributed by atoms with Gasteiger partial charge in [0.05, 0.1) is 6.04 Å². The fourth-order valence-electron chi connectivity index (χ4n) is 3.60. The van der Waals surface area contributed by atoms with Crippen LogP contribution in [0.2, 0.25) is 0 Å². The SMILES string of the molecule is CC1CCCN(S(=O)(=O)NC2CC(C)(C)Oc3ccc(N)cc32)C1.Cl. The van der Waals surface area contributed by atoms with E-state index < -0.39 is 15.8 Å². The monoisotopic (exact) mass is 389 g/mol. The molecule has 3 rings (SSSR count). The minimum Gasteiger partial charge on any atom is -0.487 e. The van der Waals surface area contributed by atoms with Gasteiger partial charge in [-0.25, -0.2) is 0 Å². The standard InChI is InChI=1S/C17H27N3O3S.ClH/c1-12-5-4-8-20(11-12)24(21,22)19-15-10-17(2,3)23-16-7-6-13(18)9-14(15)16;/h6-7,9,12,15,19H,4-5,8,10-11,18H2,1-3H3;1H. The average Bonchev–Trinajstić information content (AvgIpc) is 2.47. The molecule has 0 bridgehead atoms. The van der Waals surface area contributed by atoms with Gasteiger partial charge in [-0.1, -0.05) is 6.92 Å². The maximum atomic E-state index is 12.8. The number of hydrogen-bond donors (Lipinski definition) is 2. The predicted molar refractivity (Wildman–Crippen MR) is 102 cm³/mol. The van der Waals surface area contributed by atoms with Gasteiger partial charge in [-0.15, -0.1) is 12.4 Å². The van der Waals surface area contributed by atoms with Crippen molar-refractivity contribution in [2.24, 2.45) is 5.92 Å². The van der Waals surface area contributed by atoms with Crippen LogP contribution in [-0.2, 0) is 10.2 Å². The fourth-order valence-corrected chi connectivity index (χ4v) is 5.14. The molecule has 0 spiro atoms. The van der Waals surface area contributed by atoms with Crippen molar-refractivity contribution in [1.82, 2.24) is 9.03 Å². The largest absolute Gasteiger partial charge is 0.487 e. The second kappa shape index (κ2) is 7.31. The van der Waals surface area contributed by atoms with Crippen molar-refractivity contribution in [2.75, 3.05) is 18.8 Å². The van der Waals surface area contributed by atoms with Crippen molar-refractivity contribution in [2.45, 2.75) is 51.7 Å². The van der Waals surface area contributed by atoms with Crippen LogP contribution in [0.1, 0.15) is 51.6 Å². The molecule has 2 aliphatic rings. The van der Waals surface area contributed by atoms with Gasteiger partial charge >= 0.3 is 0 Å². The molecule has 2 heterocycles. The van der Waals surface area contributed by atoms with Gasteiger partial charge in [-0.3, -0.25) is 0 Å². The van der Waals surface area contributed by atoms with Crippen molar-refractivity contribution in [3.63, 3.8) is 0 Å². The Kier molecular flexibility index (Phi) is 5.93. The lowest BCUT2D eigenvalue weighted by Crippen LogP contribution is -2.49. The molecule has 0 aromatic heterocycles. The Morgan fingerprint density at radius 1 is 1.36 bits per heavy atom. The van der Waals surface area contributed by atoms with Gasteiger partial charge in [-0.2, -0.15) is 17.4 Å². The van der Waals surface area contributed by atoms with Crippen LogP contribution in [0.5, 0.6) is 5.75 Å². The van der Waals surface area contributed by atoms with E-state index in [0.29, 0.717) is 36.9 Å². The van der Waals surface area contributed by atoms with Crippen molar-refractivity contribution in [3.8, 4) is 5.75 Å². The van der Waals surface area contributed by atoms with Gasteiger partial charge in [0.2, 0.25) is 0 Å². The van der Waals surface area contributed by atoms with E-state index >= 15 is 0 Å². The molecule has 1 saturated heterocycles. The summed E-state index contributed by atoms with van der Waals surface area (Å²) in [7, 11) is -3.53. The Morgan fingerprint density at radius 3 is 2.76 bits per heavy atom. The highest BCUT2D eigenvalue weighted by atomic mass is 35.5. The van der Waals surface area contributed by atoms with E-state index in [0.717, 1.165) is 18.4 Å². The first-order chi connectivity index (χ1) is 11.2. The third-order valence-electron chi connectivity index (χ3n) is 4.74. The lowest BCUT2D eigenvalue weighted by Gasteiger charge is -2.39.